The molecular formula is C8H13N3O3. The fraction of sp³-hybridized carbons (Fsp3) is 0.625. The maximum Gasteiger partial charge on any atom is 0.377 e. The number of hydrogen-bond donors (Lipinski definition) is 2. The monoisotopic (exact) mass is 199 g/mol. The molecule has 0 aliphatic carbocycles. The molecule has 0 saturated heterocycles. The van der Waals surface area contributed by atoms with Crippen molar-refractivity contribution < 1.29 is 14.4 Å². The first-order valence-electron chi connectivity index (χ1n) is 4.47. The van der Waals surface area contributed by atoms with E-state index in [1.807, 2.05) is 6.92 Å². The van der Waals surface area contributed by atoms with E-state index in [0.717, 1.165) is 19.3 Å². The molecule has 78 valence electrons. The van der Waals surface area contributed by atoms with Crippen LogP contribution in [0.3, 0.4) is 0 Å². The standard InChI is InChI=1S/C8H13N3O3/c1-2-3-4-5(9)7-10-6(8(12)13)11-14-7/h5H,2-4,9H2,1H3,(H,12,13). The zero-order valence-electron chi connectivity index (χ0n) is 7.93. The van der Waals surface area contributed by atoms with E-state index in [0.29, 0.717) is 0 Å². The lowest BCUT2D eigenvalue weighted by Crippen LogP contribution is -2.11. The fourth-order valence-corrected chi connectivity index (χ4v) is 1.02. The fourth-order valence-electron chi connectivity index (χ4n) is 1.02. The van der Waals surface area contributed by atoms with E-state index in [4.69, 9.17) is 15.4 Å². The average molecular weight is 199 g/mol. The first kappa shape index (κ1) is 10.6. The second kappa shape index (κ2) is 4.71. The van der Waals surface area contributed by atoms with Crippen LogP contribution in [0.1, 0.15) is 48.7 Å². The van der Waals surface area contributed by atoms with E-state index >= 15 is 0 Å². The highest BCUT2D eigenvalue weighted by Crippen LogP contribution is 2.14. The normalized spacial score (nSPS) is 12.7. The minimum Gasteiger partial charge on any atom is -0.475 e. The Bertz CT molecular complexity index is 311. The third-order valence-corrected chi connectivity index (χ3v) is 1.82. The largest absolute Gasteiger partial charge is 0.475 e. The van der Waals surface area contributed by atoms with Crippen LogP contribution in [0.15, 0.2) is 4.52 Å². The van der Waals surface area contributed by atoms with Crippen molar-refractivity contribution in [1.29, 1.82) is 0 Å². The minimum atomic E-state index is -1.21. The number of aromatic carboxylic acids is 1. The van der Waals surface area contributed by atoms with E-state index in [-0.39, 0.29) is 17.8 Å². The van der Waals surface area contributed by atoms with E-state index in [9.17, 15) is 4.79 Å². The molecule has 1 aromatic heterocycles. The Kier molecular flexibility index (Phi) is 3.58. The SMILES string of the molecule is CCCCC(N)c1nc(C(=O)O)no1. The van der Waals surface area contributed by atoms with Gasteiger partial charge in [-0.2, -0.15) is 4.98 Å². The number of nitrogens with zero attached hydrogens (tertiary/aromatic N) is 2. The van der Waals surface area contributed by atoms with Crippen molar-refractivity contribution in [2.75, 3.05) is 0 Å². The summed E-state index contributed by atoms with van der Waals surface area (Å²) in [5.74, 6) is -1.36. The predicted octanol–water partition coefficient (Wildman–Crippen LogP) is 0.958. The Morgan fingerprint density at radius 3 is 2.93 bits per heavy atom. The topological polar surface area (TPSA) is 102 Å². The van der Waals surface area contributed by atoms with Gasteiger partial charge >= 0.3 is 5.97 Å². The molecule has 6 heteroatoms. The zero-order chi connectivity index (χ0) is 10.6. The van der Waals surface area contributed by atoms with Crippen molar-refractivity contribution in [3.8, 4) is 0 Å². The van der Waals surface area contributed by atoms with Crippen LogP contribution in [-0.2, 0) is 0 Å². The maximum absolute atomic E-state index is 10.4. The summed E-state index contributed by atoms with van der Waals surface area (Å²) in [4.78, 5) is 14.1. The van der Waals surface area contributed by atoms with Crippen LogP contribution in [-0.4, -0.2) is 21.2 Å². The number of carbonyl (C=O) groups is 1. The molecule has 0 spiro atoms. The molecule has 1 aromatic rings. The van der Waals surface area contributed by atoms with Crippen LogP contribution in [0.25, 0.3) is 0 Å². The Hall–Kier alpha value is -1.43. The minimum absolute atomic E-state index is 0.191. The number of unbranched alkanes of at least 4 members (excludes halogenated alkanes) is 1. The molecule has 0 aliphatic heterocycles. The van der Waals surface area contributed by atoms with Gasteiger partial charge in [0.25, 0.3) is 5.82 Å². The molecule has 0 radical (unpaired) electrons. The van der Waals surface area contributed by atoms with Gasteiger partial charge in [-0.05, 0) is 11.6 Å². The average Bonchev–Trinajstić information content (AvgIpc) is 2.62. The molecule has 0 amide bonds. The van der Waals surface area contributed by atoms with Crippen molar-refractivity contribution >= 4 is 5.97 Å². The first-order valence-corrected chi connectivity index (χ1v) is 4.47. The summed E-state index contributed by atoms with van der Waals surface area (Å²) in [5.41, 5.74) is 5.71. The summed E-state index contributed by atoms with van der Waals surface area (Å²) in [6, 6.07) is -0.365. The van der Waals surface area contributed by atoms with Gasteiger partial charge in [-0.1, -0.05) is 19.8 Å². The van der Waals surface area contributed by atoms with Gasteiger partial charge < -0.3 is 15.4 Å². The summed E-state index contributed by atoms with van der Waals surface area (Å²) in [6.45, 7) is 2.04. The molecule has 0 saturated carbocycles. The summed E-state index contributed by atoms with van der Waals surface area (Å²) in [7, 11) is 0. The molecule has 0 fully saturated rings. The van der Waals surface area contributed by atoms with Gasteiger partial charge in [-0.15, -0.1) is 0 Å². The Morgan fingerprint density at radius 2 is 2.43 bits per heavy atom. The van der Waals surface area contributed by atoms with E-state index < -0.39 is 5.97 Å². The van der Waals surface area contributed by atoms with Gasteiger partial charge in [0.2, 0.25) is 5.89 Å². The zero-order valence-corrected chi connectivity index (χ0v) is 7.93. The second-order valence-corrected chi connectivity index (χ2v) is 3.01. The molecule has 0 bridgehead atoms. The van der Waals surface area contributed by atoms with Crippen molar-refractivity contribution in [2.24, 2.45) is 5.73 Å². The summed E-state index contributed by atoms with van der Waals surface area (Å²) < 4.78 is 4.72. The van der Waals surface area contributed by atoms with Crippen LogP contribution >= 0.6 is 0 Å². The molecule has 0 aromatic carbocycles. The highest BCUT2D eigenvalue weighted by Gasteiger charge is 2.17. The number of hydrogen-bond acceptors (Lipinski definition) is 5. The lowest BCUT2D eigenvalue weighted by atomic mass is 10.1. The van der Waals surface area contributed by atoms with Crippen LogP contribution < -0.4 is 5.73 Å². The van der Waals surface area contributed by atoms with Gasteiger partial charge in [-0.25, -0.2) is 4.79 Å². The van der Waals surface area contributed by atoms with Crippen molar-refractivity contribution in [2.45, 2.75) is 32.2 Å². The van der Waals surface area contributed by atoms with Crippen molar-refractivity contribution in [3.05, 3.63) is 11.7 Å². The van der Waals surface area contributed by atoms with Gasteiger partial charge in [0, 0.05) is 0 Å². The maximum atomic E-state index is 10.4. The van der Waals surface area contributed by atoms with E-state index in [1.54, 1.807) is 0 Å². The highest BCUT2D eigenvalue weighted by atomic mass is 16.5. The highest BCUT2D eigenvalue weighted by molar-refractivity contribution is 5.82. The summed E-state index contributed by atoms with van der Waals surface area (Å²) in [5, 5.41) is 11.8. The molecule has 1 heterocycles. The second-order valence-electron chi connectivity index (χ2n) is 3.01. The van der Waals surface area contributed by atoms with Gasteiger partial charge in [-0.3, -0.25) is 0 Å². The van der Waals surface area contributed by atoms with E-state index in [2.05, 4.69) is 10.1 Å². The lowest BCUT2D eigenvalue weighted by molar-refractivity contribution is 0.0680. The Morgan fingerprint density at radius 1 is 1.71 bits per heavy atom. The summed E-state index contributed by atoms with van der Waals surface area (Å²) in [6.07, 6.45) is 2.69. The van der Waals surface area contributed by atoms with Crippen LogP contribution in [0, 0.1) is 0 Å². The Labute approximate surface area is 81.1 Å². The van der Waals surface area contributed by atoms with Gasteiger partial charge in [0.05, 0.1) is 6.04 Å². The van der Waals surface area contributed by atoms with Crippen LogP contribution in [0.4, 0.5) is 0 Å². The number of carboxylic acids is 1. The van der Waals surface area contributed by atoms with Gasteiger partial charge in [0.1, 0.15) is 0 Å². The van der Waals surface area contributed by atoms with Crippen LogP contribution in [0.5, 0.6) is 0 Å². The smallest absolute Gasteiger partial charge is 0.377 e. The molecule has 14 heavy (non-hydrogen) atoms. The summed E-state index contributed by atoms with van der Waals surface area (Å²) >= 11 is 0. The van der Waals surface area contributed by atoms with Crippen LogP contribution in [0.2, 0.25) is 0 Å². The van der Waals surface area contributed by atoms with Gasteiger partial charge in [0.15, 0.2) is 0 Å². The number of rotatable bonds is 5. The van der Waals surface area contributed by atoms with Crippen molar-refractivity contribution in [1.82, 2.24) is 10.1 Å². The molecule has 1 rings (SSSR count). The van der Waals surface area contributed by atoms with E-state index in [1.165, 1.54) is 0 Å². The number of nitrogens with two attached hydrogens (primary N) is 1. The number of aromatic nitrogens is 2. The molecule has 6 nitrogen and oxygen atoms in total. The quantitative estimate of drug-likeness (QED) is 0.732. The number of carboxylic acid groups (broad SMARTS) is 1. The Balaban J connectivity index is 2.61. The molecule has 1 unspecified atom stereocenters. The first-order chi connectivity index (χ1) is 6.65. The third kappa shape index (κ3) is 2.53. The molecular weight excluding hydrogens is 186 g/mol. The lowest BCUT2D eigenvalue weighted by Gasteiger charge is -2.03. The molecule has 3 N–H and O–H groups in total. The molecule has 1 atom stereocenters. The molecule has 0 aliphatic rings. The van der Waals surface area contributed by atoms with Crippen molar-refractivity contribution in [3.63, 3.8) is 0 Å². The predicted molar refractivity (Wildman–Crippen MR) is 47.7 cm³/mol. The third-order valence-electron chi connectivity index (χ3n) is 1.82.